The second-order valence-corrected chi connectivity index (χ2v) is 9.91. The Kier molecular flexibility index (Phi) is 5.86. The maximum Gasteiger partial charge on any atom is 0.240 e. The number of hydrogen-bond donors (Lipinski definition) is 1. The molecule has 2 N–H and O–H groups in total. The fourth-order valence-electron chi connectivity index (χ4n) is 3.76. The number of nitrogens with two attached hydrogens (primary N) is 1. The summed E-state index contributed by atoms with van der Waals surface area (Å²) in [5.41, 5.74) is 2.29. The Morgan fingerprint density at radius 2 is 1.87 bits per heavy atom. The fraction of sp³-hybridized carbons (Fsp3) is 0.333. The van der Waals surface area contributed by atoms with Crippen molar-refractivity contribution < 1.29 is 13.2 Å². The van der Waals surface area contributed by atoms with E-state index in [0.717, 1.165) is 37.0 Å². The number of hydrogen-bond acceptors (Lipinski definition) is 5. The molecule has 1 aromatic heterocycles. The number of rotatable bonds is 6. The van der Waals surface area contributed by atoms with Gasteiger partial charge in [0.2, 0.25) is 15.9 Å². The van der Waals surface area contributed by atoms with E-state index in [9.17, 15) is 13.2 Å². The van der Waals surface area contributed by atoms with Gasteiger partial charge in [0, 0.05) is 19.6 Å². The summed E-state index contributed by atoms with van der Waals surface area (Å²) in [6.45, 7) is 4.21. The number of imidazole rings is 1. The lowest BCUT2D eigenvalue weighted by molar-refractivity contribution is -0.129. The number of primary sulfonamides is 1. The van der Waals surface area contributed by atoms with Crippen LogP contribution in [0.25, 0.3) is 11.0 Å². The first-order valence-electron chi connectivity index (χ1n) is 9.92. The van der Waals surface area contributed by atoms with Crippen molar-refractivity contribution in [1.29, 1.82) is 0 Å². The van der Waals surface area contributed by atoms with Gasteiger partial charge in [-0.2, -0.15) is 0 Å². The van der Waals surface area contributed by atoms with Crippen LogP contribution < -0.4 is 5.14 Å². The minimum Gasteiger partial charge on any atom is -0.341 e. The molecule has 0 radical (unpaired) electrons. The summed E-state index contributed by atoms with van der Waals surface area (Å²) in [5, 5.41) is 5.54. The van der Waals surface area contributed by atoms with Crippen molar-refractivity contribution in [2.75, 3.05) is 13.1 Å². The Balaban J connectivity index is 1.75. The van der Waals surface area contributed by atoms with Gasteiger partial charge < -0.3 is 9.47 Å². The predicted octanol–water partition coefficient (Wildman–Crippen LogP) is 3.16. The van der Waals surface area contributed by atoms with Crippen LogP contribution in [0.2, 0.25) is 0 Å². The molecule has 0 bridgehead atoms. The predicted molar refractivity (Wildman–Crippen MR) is 118 cm³/mol. The first-order valence-corrected chi connectivity index (χ1v) is 12.3. The average Bonchev–Trinajstić information content (AvgIpc) is 3.38. The van der Waals surface area contributed by atoms with Crippen molar-refractivity contribution >= 4 is 38.7 Å². The maximum atomic E-state index is 13.3. The van der Waals surface area contributed by atoms with Crippen molar-refractivity contribution in [2.45, 2.75) is 41.6 Å². The first kappa shape index (κ1) is 20.9. The quantitative estimate of drug-likeness (QED) is 0.589. The van der Waals surface area contributed by atoms with Crippen molar-refractivity contribution in [2.24, 2.45) is 5.14 Å². The first-order chi connectivity index (χ1) is 14.4. The Morgan fingerprint density at radius 1 is 1.17 bits per heavy atom. The number of nitrogens with zero attached hydrogens (tertiary/aromatic N) is 3. The third-order valence-corrected chi connectivity index (χ3v) is 7.44. The molecule has 9 heteroatoms. The van der Waals surface area contributed by atoms with E-state index in [2.05, 4.69) is 4.98 Å². The third kappa shape index (κ3) is 4.10. The number of likely N-dealkylation sites (tertiary alicyclic amines) is 1. The molecule has 158 valence electrons. The summed E-state index contributed by atoms with van der Waals surface area (Å²) in [7, 11) is -3.81. The second-order valence-electron chi connectivity index (χ2n) is 7.28. The Morgan fingerprint density at radius 3 is 2.50 bits per heavy atom. The van der Waals surface area contributed by atoms with Gasteiger partial charge in [-0.05, 0) is 43.5 Å². The van der Waals surface area contributed by atoms with E-state index in [-0.39, 0.29) is 10.8 Å². The summed E-state index contributed by atoms with van der Waals surface area (Å²) in [6, 6.07) is 14.4. The molecule has 4 rings (SSSR count). The highest BCUT2D eigenvalue weighted by molar-refractivity contribution is 8.00. The Hall–Kier alpha value is -2.36. The van der Waals surface area contributed by atoms with E-state index >= 15 is 0 Å². The largest absolute Gasteiger partial charge is 0.341 e. The summed E-state index contributed by atoms with van der Waals surface area (Å²) in [4.78, 5) is 19.9. The van der Waals surface area contributed by atoms with Crippen molar-refractivity contribution in [1.82, 2.24) is 14.5 Å². The normalized spacial score (nSPS) is 15.6. The highest BCUT2D eigenvalue weighted by Crippen LogP contribution is 2.38. The molecule has 1 fully saturated rings. The van der Waals surface area contributed by atoms with Gasteiger partial charge in [-0.25, -0.2) is 18.5 Å². The highest BCUT2D eigenvalue weighted by Gasteiger charge is 2.30. The lowest BCUT2D eigenvalue weighted by Gasteiger charge is -2.23. The molecule has 0 aliphatic carbocycles. The van der Waals surface area contributed by atoms with Crippen molar-refractivity contribution in [3.05, 3.63) is 54.1 Å². The van der Waals surface area contributed by atoms with Crippen LogP contribution in [-0.2, 0) is 21.4 Å². The molecular weight excluding hydrogens is 420 g/mol. The number of carbonyl (C=O) groups is 1. The van der Waals surface area contributed by atoms with Gasteiger partial charge in [-0.3, -0.25) is 4.79 Å². The van der Waals surface area contributed by atoms with Crippen LogP contribution in [-0.4, -0.2) is 41.9 Å². The van der Waals surface area contributed by atoms with Crippen LogP contribution in [0.3, 0.4) is 0 Å². The minimum absolute atomic E-state index is 0.0278. The van der Waals surface area contributed by atoms with E-state index in [1.807, 2.05) is 46.7 Å². The van der Waals surface area contributed by atoms with E-state index in [0.29, 0.717) is 17.2 Å². The number of fused-ring (bicyclic) bond motifs is 1. The molecule has 1 saturated heterocycles. The molecule has 7 nitrogen and oxygen atoms in total. The standard InChI is InChI=1S/C21H24N4O3S2/c1-2-25-18-11-10-16(30(22,27)28)14-17(18)23-21(25)29-19(15-8-4-3-5-9-15)20(26)24-12-6-7-13-24/h3-5,8-11,14,19H,2,6-7,12-13H2,1H3,(H2,22,27,28). The number of benzene rings is 2. The van der Waals surface area contributed by atoms with Gasteiger partial charge in [0.05, 0.1) is 15.9 Å². The number of carbonyl (C=O) groups excluding carboxylic acids is 1. The number of thioether (sulfide) groups is 1. The molecule has 0 spiro atoms. The van der Waals surface area contributed by atoms with Crippen LogP contribution in [0, 0.1) is 0 Å². The zero-order valence-corrected chi connectivity index (χ0v) is 18.3. The van der Waals surface area contributed by atoms with Crippen LogP contribution in [0.5, 0.6) is 0 Å². The van der Waals surface area contributed by atoms with Gasteiger partial charge in [-0.15, -0.1) is 0 Å². The van der Waals surface area contributed by atoms with Crippen molar-refractivity contribution in [3.8, 4) is 0 Å². The monoisotopic (exact) mass is 444 g/mol. The molecule has 1 aliphatic heterocycles. The maximum absolute atomic E-state index is 13.3. The topological polar surface area (TPSA) is 98.3 Å². The summed E-state index contributed by atoms with van der Waals surface area (Å²) >= 11 is 1.41. The zero-order chi connectivity index (χ0) is 21.3. The molecule has 0 saturated carbocycles. The van der Waals surface area contributed by atoms with Crippen LogP contribution in [0.1, 0.15) is 30.6 Å². The molecule has 1 amide bonds. The molecule has 30 heavy (non-hydrogen) atoms. The molecule has 1 unspecified atom stereocenters. The van der Waals surface area contributed by atoms with Crippen LogP contribution >= 0.6 is 11.8 Å². The van der Waals surface area contributed by atoms with Crippen LogP contribution in [0.15, 0.2) is 58.6 Å². The molecule has 1 aliphatic rings. The number of amides is 1. The molecule has 2 heterocycles. The van der Waals surface area contributed by atoms with E-state index in [4.69, 9.17) is 5.14 Å². The summed E-state index contributed by atoms with van der Waals surface area (Å²) < 4.78 is 25.4. The van der Waals surface area contributed by atoms with Gasteiger partial charge in [0.1, 0.15) is 5.25 Å². The Bertz CT molecular complexity index is 1170. The second kappa shape index (κ2) is 8.41. The molecule has 2 aromatic carbocycles. The number of sulfonamides is 1. The average molecular weight is 445 g/mol. The van der Waals surface area contributed by atoms with E-state index < -0.39 is 15.3 Å². The summed E-state index contributed by atoms with van der Waals surface area (Å²) in [5.74, 6) is 0.0867. The van der Waals surface area contributed by atoms with Crippen LogP contribution in [0.4, 0.5) is 0 Å². The SMILES string of the molecule is CCn1c(SC(C(=O)N2CCCC2)c2ccccc2)nc2cc(S(N)(=O)=O)ccc21. The fourth-order valence-corrected chi connectivity index (χ4v) is 5.55. The lowest BCUT2D eigenvalue weighted by atomic mass is 10.1. The number of aromatic nitrogens is 2. The molecule has 3 aromatic rings. The Labute approximate surface area is 180 Å². The van der Waals surface area contributed by atoms with Crippen molar-refractivity contribution in [3.63, 3.8) is 0 Å². The zero-order valence-electron chi connectivity index (χ0n) is 16.7. The van der Waals surface area contributed by atoms with Gasteiger partial charge >= 0.3 is 0 Å². The third-order valence-electron chi connectivity index (χ3n) is 5.30. The van der Waals surface area contributed by atoms with E-state index in [1.165, 1.54) is 23.9 Å². The number of aryl methyl sites for hydroxylation is 1. The van der Waals surface area contributed by atoms with Gasteiger partial charge in [-0.1, -0.05) is 42.1 Å². The highest BCUT2D eigenvalue weighted by atomic mass is 32.2. The smallest absolute Gasteiger partial charge is 0.240 e. The van der Waals surface area contributed by atoms with E-state index in [1.54, 1.807) is 6.07 Å². The summed E-state index contributed by atoms with van der Waals surface area (Å²) in [6.07, 6.45) is 2.06. The molecule has 1 atom stereocenters. The lowest BCUT2D eigenvalue weighted by Crippen LogP contribution is -2.31. The van der Waals surface area contributed by atoms with Gasteiger partial charge in [0.15, 0.2) is 5.16 Å². The minimum atomic E-state index is -3.81. The van der Waals surface area contributed by atoms with Gasteiger partial charge in [0.25, 0.3) is 0 Å². The molecular formula is C21H24N4O3S2.